The minimum absolute atomic E-state index is 0.120. The van der Waals surface area contributed by atoms with Crippen LogP contribution in [-0.2, 0) is 5.41 Å². The fourth-order valence-corrected chi connectivity index (χ4v) is 8.60. The van der Waals surface area contributed by atoms with Gasteiger partial charge in [0.2, 0.25) is 6.33 Å². The van der Waals surface area contributed by atoms with Crippen LogP contribution in [0.15, 0.2) is 168 Å². The number of rotatable bonds is 4. The lowest BCUT2D eigenvalue weighted by molar-refractivity contribution is -0.590. The number of benzene rings is 7. The van der Waals surface area contributed by atoms with Crippen molar-refractivity contribution >= 4 is 43.7 Å². The van der Waals surface area contributed by atoms with Crippen LogP contribution in [0.3, 0.4) is 0 Å². The largest absolute Gasteiger partial charge is 0.456 e. The van der Waals surface area contributed by atoms with Crippen LogP contribution in [-0.4, -0.2) is 14.5 Å². The van der Waals surface area contributed by atoms with Gasteiger partial charge >= 0.3 is 5.82 Å². The van der Waals surface area contributed by atoms with E-state index in [1.54, 1.807) is 0 Å². The SMILES string of the molecule is CC1(C)c2ccccc2-c2cc3c4ccccc4n(-c4ccccc4-[n+]4cnc(-c5ccc6c(c5)oc5ccccc56)nc4-c4ccccc4)c3cc21. The van der Waals surface area contributed by atoms with Gasteiger partial charge in [-0.25, -0.2) is 0 Å². The fraction of sp³-hybridized carbons (Fsp3) is 0.0625. The van der Waals surface area contributed by atoms with E-state index in [4.69, 9.17) is 14.4 Å². The van der Waals surface area contributed by atoms with E-state index in [9.17, 15) is 0 Å². The van der Waals surface area contributed by atoms with Gasteiger partial charge in [-0.05, 0) is 89.0 Å². The van der Waals surface area contributed by atoms with E-state index in [0.29, 0.717) is 5.82 Å². The monoisotopic (exact) mass is 681 g/mol. The molecule has 0 N–H and O–H groups in total. The van der Waals surface area contributed by atoms with Crippen molar-refractivity contribution in [3.63, 3.8) is 0 Å². The van der Waals surface area contributed by atoms with Gasteiger partial charge in [0.15, 0.2) is 0 Å². The maximum Gasteiger partial charge on any atom is 0.308 e. The van der Waals surface area contributed by atoms with E-state index in [1.807, 2.05) is 36.7 Å². The Morgan fingerprint density at radius 2 is 1.28 bits per heavy atom. The molecule has 0 saturated heterocycles. The Bertz CT molecular complexity index is 3100. The molecule has 1 aliphatic carbocycles. The Morgan fingerprint density at radius 1 is 0.547 bits per heavy atom. The summed E-state index contributed by atoms with van der Waals surface area (Å²) in [5.74, 6) is 1.43. The minimum atomic E-state index is -0.120. The number of hydrogen-bond donors (Lipinski definition) is 0. The number of para-hydroxylation sites is 4. The van der Waals surface area contributed by atoms with Crippen LogP contribution in [0, 0.1) is 0 Å². The number of aromatic nitrogens is 4. The summed E-state index contributed by atoms with van der Waals surface area (Å²) < 4.78 is 10.8. The zero-order chi connectivity index (χ0) is 35.3. The van der Waals surface area contributed by atoms with E-state index in [1.165, 1.54) is 38.5 Å². The van der Waals surface area contributed by atoms with Crippen molar-refractivity contribution in [2.75, 3.05) is 0 Å². The average Bonchev–Trinajstić information content (AvgIpc) is 3.82. The van der Waals surface area contributed by atoms with E-state index in [2.05, 4.69) is 150 Å². The van der Waals surface area contributed by atoms with E-state index in [-0.39, 0.29) is 5.41 Å². The van der Waals surface area contributed by atoms with Crippen molar-refractivity contribution < 1.29 is 8.98 Å². The van der Waals surface area contributed by atoms with Crippen molar-refractivity contribution in [2.45, 2.75) is 19.3 Å². The van der Waals surface area contributed by atoms with Crippen molar-refractivity contribution in [1.82, 2.24) is 14.5 Å². The van der Waals surface area contributed by atoms with Gasteiger partial charge in [-0.1, -0.05) is 115 Å². The highest BCUT2D eigenvalue weighted by atomic mass is 16.3. The van der Waals surface area contributed by atoms with E-state index >= 15 is 0 Å². The predicted octanol–water partition coefficient (Wildman–Crippen LogP) is 11.4. The lowest BCUT2D eigenvalue weighted by atomic mass is 9.82. The first-order valence-electron chi connectivity index (χ1n) is 18.1. The van der Waals surface area contributed by atoms with Gasteiger partial charge in [0.1, 0.15) is 16.9 Å². The molecule has 0 amide bonds. The lowest BCUT2D eigenvalue weighted by Crippen LogP contribution is -2.36. The highest BCUT2D eigenvalue weighted by Crippen LogP contribution is 2.51. The first kappa shape index (κ1) is 29.8. The highest BCUT2D eigenvalue weighted by Gasteiger charge is 2.36. The lowest BCUT2D eigenvalue weighted by Gasteiger charge is -2.22. The summed E-state index contributed by atoms with van der Waals surface area (Å²) in [6.07, 6.45) is 1.91. The Labute approximate surface area is 306 Å². The Morgan fingerprint density at radius 3 is 2.19 bits per heavy atom. The molecule has 0 bridgehead atoms. The molecule has 0 radical (unpaired) electrons. The number of fused-ring (bicyclic) bond motifs is 9. The molecular formula is C48H33N4O+. The normalized spacial score (nSPS) is 13.2. The predicted molar refractivity (Wildman–Crippen MR) is 214 cm³/mol. The highest BCUT2D eigenvalue weighted by molar-refractivity contribution is 6.12. The molecule has 5 nitrogen and oxygen atoms in total. The van der Waals surface area contributed by atoms with E-state index in [0.717, 1.165) is 55.8 Å². The van der Waals surface area contributed by atoms with E-state index < -0.39 is 0 Å². The summed E-state index contributed by atoms with van der Waals surface area (Å²) in [5, 5.41) is 4.65. The molecule has 0 aliphatic heterocycles. The van der Waals surface area contributed by atoms with Gasteiger partial charge in [0.05, 0.1) is 27.8 Å². The third-order valence-corrected chi connectivity index (χ3v) is 11.2. The molecule has 0 fully saturated rings. The fourth-order valence-electron chi connectivity index (χ4n) is 8.60. The summed E-state index contributed by atoms with van der Waals surface area (Å²) in [7, 11) is 0. The second kappa shape index (κ2) is 11.1. The Kier molecular flexibility index (Phi) is 6.23. The molecule has 7 aromatic carbocycles. The standard InChI is InChI=1S/C48H33N4O/c1-48(2)38-19-9-6-16-32(38)36-27-37-33-17-7-10-20-40(33)52(43(37)28-39(36)48)42-22-12-11-21-41(42)51-29-49-46(50-47(51)30-14-4-3-5-15-30)31-24-25-35-34-18-8-13-23-44(34)53-45(35)26-31/h3-29H,1-2H3/q+1. The molecule has 3 aromatic heterocycles. The van der Waals surface area contributed by atoms with Gasteiger partial charge in [-0.3, -0.25) is 0 Å². The summed E-state index contributed by atoms with van der Waals surface area (Å²) in [5.41, 5.74) is 13.2. The Balaban J connectivity index is 1.14. The van der Waals surface area contributed by atoms with Gasteiger partial charge in [0, 0.05) is 27.0 Å². The molecule has 0 atom stereocenters. The molecule has 0 spiro atoms. The molecule has 1 aliphatic rings. The molecule has 10 aromatic rings. The van der Waals surface area contributed by atoms with Crippen molar-refractivity contribution in [3.8, 4) is 45.3 Å². The molecule has 53 heavy (non-hydrogen) atoms. The van der Waals surface area contributed by atoms with Crippen LogP contribution in [0.25, 0.3) is 89.0 Å². The van der Waals surface area contributed by atoms with Crippen LogP contribution in [0.2, 0.25) is 0 Å². The second-order valence-electron chi connectivity index (χ2n) is 14.5. The zero-order valence-electron chi connectivity index (χ0n) is 29.3. The molecule has 0 unspecified atom stereocenters. The molecular weight excluding hydrogens is 649 g/mol. The third kappa shape index (κ3) is 4.34. The number of nitrogens with zero attached hydrogens (tertiary/aromatic N) is 4. The molecule has 0 saturated carbocycles. The molecule has 250 valence electrons. The van der Waals surface area contributed by atoms with Gasteiger partial charge in [0.25, 0.3) is 5.82 Å². The van der Waals surface area contributed by atoms with Crippen LogP contribution >= 0.6 is 0 Å². The molecule has 3 heterocycles. The second-order valence-corrected chi connectivity index (χ2v) is 14.5. The van der Waals surface area contributed by atoms with Crippen molar-refractivity contribution in [1.29, 1.82) is 0 Å². The van der Waals surface area contributed by atoms with Crippen LogP contribution in [0.1, 0.15) is 25.0 Å². The quantitative estimate of drug-likeness (QED) is 0.174. The number of hydrogen-bond acceptors (Lipinski definition) is 3. The first-order chi connectivity index (χ1) is 26.0. The van der Waals surface area contributed by atoms with Crippen LogP contribution in [0.4, 0.5) is 0 Å². The summed E-state index contributed by atoms with van der Waals surface area (Å²) >= 11 is 0. The molecule has 11 rings (SSSR count). The summed E-state index contributed by atoms with van der Waals surface area (Å²) in [6.45, 7) is 4.69. The van der Waals surface area contributed by atoms with Gasteiger partial charge in [-0.2, -0.15) is 4.57 Å². The summed E-state index contributed by atoms with van der Waals surface area (Å²) in [4.78, 5) is 10.3. The Hall–Kier alpha value is -6.85. The van der Waals surface area contributed by atoms with Gasteiger partial charge in [-0.15, -0.1) is 0 Å². The zero-order valence-corrected chi connectivity index (χ0v) is 29.3. The third-order valence-electron chi connectivity index (χ3n) is 11.2. The van der Waals surface area contributed by atoms with Gasteiger partial charge < -0.3 is 8.98 Å². The summed E-state index contributed by atoms with van der Waals surface area (Å²) in [6, 6.07) is 55.8. The topological polar surface area (TPSA) is 47.7 Å². The maximum absolute atomic E-state index is 6.25. The smallest absolute Gasteiger partial charge is 0.308 e. The first-order valence-corrected chi connectivity index (χ1v) is 18.1. The minimum Gasteiger partial charge on any atom is -0.456 e. The average molecular weight is 682 g/mol. The number of furan rings is 1. The van der Waals surface area contributed by atoms with Crippen molar-refractivity contribution in [3.05, 3.63) is 175 Å². The van der Waals surface area contributed by atoms with Crippen molar-refractivity contribution in [2.24, 2.45) is 0 Å². The maximum atomic E-state index is 6.25. The molecule has 5 heteroatoms. The van der Waals surface area contributed by atoms with Crippen LogP contribution < -0.4 is 4.57 Å². The van der Waals surface area contributed by atoms with Crippen LogP contribution in [0.5, 0.6) is 0 Å².